The average molecular weight is 293 g/mol. The molecule has 2 aromatic carbocycles. The highest BCUT2D eigenvalue weighted by Crippen LogP contribution is 2.26. The molecule has 0 aromatic heterocycles. The zero-order valence-electron chi connectivity index (χ0n) is 10.6. The van der Waals surface area contributed by atoms with Crippen LogP contribution in [0.15, 0.2) is 42.5 Å². The molecule has 104 valence electrons. The molecule has 0 radical (unpaired) electrons. The van der Waals surface area contributed by atoms with Crippen LogP contribution in [-0.2, 0) is 13.2 Å². The fourth-order valence-electron chi connectivity index (χ4n) is 1.75. The summed E-state index contributed by atoms with van der Waals surface area (Å²) in [6.45, 7) is 0.584. The fraction of sp³-hybridized carbons (Fsp3) is 0.143. The molecule has 0 bridgehead atoms. The Morgan fingerprint density at radius 1 is 1.20 bits per heavy atom. The van der Waals surface area contributed by atoms with Gasteiger partial charge in [-0.3, -0.25) is 10.1 Å². The molecule has 0 fully saturated rings. The zero-order valence-corrected chi connectivity index (χ0v) is 11.3. The number of nitrogens with two attached hydrogens (primary N) is 1. The first-order valence-corrected chi connectivity index (χ1v) is 6.33. The van der Waals surface area contributed by atoms with Crippen molar-refractivity contribution in [3.63, 3.8) is 0 Å². The lowest BCUT2D eigenvalue weighted by molar-refractivity contribution is -0.384. The van der Waals surface area contributed by atoms with Gasteiger partial charge in [0, 0.05) is 29.3 Å². The van der Waals surface area contributed by atoms with Crippen LogP contribution in [0.25, 0.3) is 0 Å². The molecule has 0 aliphatic carbocycles. The van der Waals surface area contributed by atoms with E-state index in [0.717, 1.165) is 11.1 Å². The Bertz CT molecular complexity index is 614. The lowest BCUT2D eigenvalue weighted by Gasteiger charge is -2.11. The van der Waals surface area contributed by atoms with E-state index in [9.17, 15) is 10.1 Å². The van der Waals surface area contributed by atoms with E-state index in [0.29, 0.717) is 17.4 Å². The number of rotatable bonds is 5. The first-order valence-electron chi connectivity index (χ1n) is 5.95. The second-order valence-corrected chi connectivity index (χ2v) is 4.54. The summed E-state index contributed by atoms with van der Waals surface area (Å²) in [4.78, 5) is 10.1. The third-order valence-corrected chi connectivity index (χ3v) is 3.18. The van der Waals surface area contributed by atoms with Gasteiger partial charge < -0.3 is 10.5 Å². The van der Waals surface area contributed by atoms with Gasteiger partial charge in [0.15, 0.2) is 0 Å². The van der Waals surface area contributed by atoms with Gasteiger partial charge >= 0.3 is 0 Å². The van der Waals surface area contributed by atoms with E-state index in [1.807, 2.05) is 0 Å². The highest BCUT2D eigenvalue weighted by Gasteiger charge is 2.08. The molecule has 20 heavy (non-hydrogen) atoms. The van der Waals surface area contributed by atoms with Crippen molar-refractivity contribution in [1.82, 2.24) is 0 Å². The molecule has 2 rings (SSSR count). The first kappa shape index (κ1) is 14.3. The van der Waals surface area contributed by atoms with Crippen LogP contribution in [0.4, 0.5) is 5.69 Å². The molecule has 0 spiro atoms. The van der Waals surface area contributed by atoms with E-state index in [2.05, 4.69) is 0 Å². The quantitative estimate of drug-likeness (QED) is 0.677. The van der Waals surface area contributed by atoms with Crippen LogP contribution in [0.1, 0.15) is 11.1 Å². The van der Waals surface area contributed by atoms with Gasteiger partial charge in [-0.05, 0) is 29.8 Å². The maximum Gasteiger partial charge on any atom is 0.269 e. The number of nitro benzene ring substituents is 1. The van der Waals surface area contributed by atoms with Crippen molar-refractivity contribution >= 4 is 17.3 Å². The summed E-state index contributed by atoms with van der Waals surface area (Å²) in [5, 5.41) is 11.1. The minimum Gasteiger partial charge on any atom is -0.489 e. The number of benzene rings is 2. The Hall–Kier alpha value is -2.11. The Kier molecular flexibility index (Phi) is 4.55. The Balaban J connectivity index is 2.09. The van der Waals surface area contributed by atoms with Crippen molar-refractivity contribution in [2.45, 2.75) is 13.2 Å². The molecule has 2 N–H and O–H groups in total. The molecular weight excluding hydrogens is 280 g/mol. The van der Waals surface area contributed by atoms with E-state index in [1.165, 1.54) is 12.1 Å². The predicted octanol–water partition coefficient (Wildman–Crippen LogP) is 3.29. The van der Waals surface area contributed by atoms with E-state index < -0.39 is 4.92 Å². The summed E-state index contributed by atoms with van der Waals surface area (Å²) >= 11 is 6.03. The van der Waals surface area contributed by atoms with Crippen molar-refractivity contribution in [1.29, 1.82) is 0 Å². The van der Waals surface area contributed by atoms with Gasteiger partial charge in [-0.1, -0.05) is 17.7 Å². The van der Waals surface area contributed by atoms with Crippen LogP contribution in [0.5, 0.6) is 5.75 Å². The van der Waals surface area contributed by atoms with E-state index in [-0.39, 0.29) is 12.2 Å². The zero-order chi connectivity index (χ0) is 14.5. The van der Waals surface area contributed by atoms with Crippen molar-refractivity contribution in [3.05, 3.63) is 68.7 Å². The monoisotopic (exact) mass is 292 g/mol. The lowest BCUT2D eigenvalue weighted by Crippen LogP contribution is -2.03. The van der Waals surface area contributed by atoms with Crippen molar-refractivity contribution in [2.24, 2.45) is 5.73 Å². The van der Waals surface area contributed by atoms with Crippen LogP contribution < -0.4 is 10.5 Å². The topological polar surface area (TPSA) is 78.4 Å². The number of hydrogen-bond acceptors (Lipinski definition) is 4. The van der Waals surface area contributed by atoms with Crippen LogP contribution in [0, 0.1) is 10.1 Å². The highest BCUT2D eigenvalue weighted by molar-refractivity contribution is 6.31. The van der Waals surface area contributed by atoms with E-state index >= 15 is 0 Å². The van der Waals surface area contributed by atoms with Gasteiger partial charge in [0.25, 0.3) is 5.69 Å². The molecular formula is C14H13ClN2O3. The molecule has 0 atom stereocenters. The maximum absolute atomic E-state index is 10.6. The average Bonchev–Trinajstić information content (AvgIpc) is 2.45. The van der Waals surface area contributed by atoms with Crippen molar-refractivity contribution < 1.29 is 9.66 Å². The molecule has 0 unspecified atom stereocenters. The molecule has 0 aliphatic heterocycles. The molecule has 5 nitrogen and oxygen atoms in total. The van der Waals surface area contributed by atoms with E-state index in [4.69, 9.17) is 22.1 Å². The largest absolute Gasteiger partial charge is 0.489 e. The number of non-ortho nitro benzene ring substituents is 1. The van der Waals surface area contributed by atoms with Crippen LogP contribution >= 0.6 is 11.6 Å². The lowest BCUT2D eigenvalue weighted by atomic mass is 10.2. The minimum absolute atomic E-state index is 0.0548. The summed E-state index contributed by atoms with van der Waals surface area (Å²) in [6, 6.07) is 11.5. The first-order chi connectivity index (χ1) is 9.61. The summed E-state index contributed by atoms with van der Waals surface area (Å²) in [6.07, 6.45) is 0. The van der Waals surface area contributed by atoms with Gasteiger partial charge in [0.2, 0.25) is 0 Å². The van der Waals surface area contributed by atoms with Crippen molar-refractivity contribution in [2.75, 3.05) is 0 Å². The van der Waals surface area contributed by atoms with Gasteiger partial charge in [0.1, 0.15) is 12.4 Å². The highest BCUT2D eigenvalue weighted by atomic mass is 35.5. The third kappa shape index (κ3) is 3.26. The number of halogens is 1. The number of hydrogen-bond donors (Lipinski definition) is 1. The van der Waals surface area contributed by atoms with E-state index in [1.54, 1.807) is 30.3 Å². The molecule has 0 saturated heterocycles. The second kappa shape index (κ2) is 6.36. The van der Waals surface area contributed by atoms with Gasteiger partial charge in [-0.15, -0.1) is 0 Å². The summed E-state index contributed by atoms with van der Waals surface area (Å²) in [5.41, 5.74) is 7.27. The normalized spacial score (nSPS) is 10.3. The summed E-state index contributed by atoms with van der Waals surface area (Å²) < 4.78 is 5.66. The molecule has 0 heterocycles. The molecule has 2 aromatic rings. The SMILES string of the molecule is NCc1c(Cl)cccc1OCc1ccc([N+](=O)[O-])cc1. The Morgan fingerprint density at radius 2 is 1.90 bits per heavy atom. The molecule has 0 saturated carbocycles. The minimum atomic E-state index is -0.436. The summed E-state index contributed by atoms with van der Waals surface area (Å²) in [5.74, 6) is 0.623. The standard InChI is InChI=1S/C14H13ClN2O3/c15-13-2-1-3-14(12(13)8-16)20-9-10-4-6-11(7-5-10)17(18)19/h1-7H,8-9,16H2. The fourth-order valence-corrected chi connectivity index (χ4v) is 1.99. The number of nitrogens with zero attached hydrogens (tertiary/aromatic N) is 1. The van der Waals surface area contributed by atoms with Crippen LogP contribution in [-0.4, -0.2) is 4.92 Å². The van der Waals surface area contributed by atoms with Gasteiger partial charge in [-0.25, -0.2) is 0 Å². The Labute approximate surface area is 121 Å². The predicted molar refractivity (Wildman–Crippen MR) is 76.8 cm³/mol. The third-order valence-electron chi connectivity index (χ3n) is 2.82. The smallest absolute Gasteiger partial charge is 0.269 e. The Morgan fingerprint density at radius 3 is 2.50 bits per heavy atom. The summed E-state index contributed by atoms with van der Waals surface area (Å²) in [7, 11) is 0. The second-order valence-electron chi connectivity index (χ2n) is 4.13. The number of nitro groups is 1. The van der Waals surface area contributed by atoms with Crippen LogP contribution in [0.2, 0.25) is 5.02 Å². The van der Waals surface area contributed by atoms with Gasteiger partial charge in [-0.2, -0.15) is 0 Å². The van der Waals surface area contributed by atoms with Crippen molar-refractivity contribution in [3.8, 4) is 5.75 Å². The van der Waals surface area contributed by atoms with Gasteiger partial charge in [0.05, 0.1) is 4.92 Å². The molecule has 6 heteroatoms. The number of ether oxygens (including phenoxy) is 1. The molecule has 0 aliphatic rings. The maximum atomic E-state index is 10.6. The molecule has 0 amide bonds. The van der Waals surface area contributed by atoms with Crippen LogP contribution in [0.3, 0.4) is 0 Å².